The number of aliphatic hydroxyl groups excluding tert-OH is 1. The third kappa shape index (κ3) is 6.42. The van der Waals surface area contributed by atoms with Gasteiger partial charge in [-0.15, -0.1) is 0 Å². The van der Waals surface area contributed by atoms with Gasteiger partial charge in [-0.25, -0.2) is 4.79 Å². The summed E-state index contributed by atoms with van der Waals surface area (Å²) in [4.78, 5) is 23.9. The van der Waals surface area contributed by atoms with Crippen molar-refractivity contribution in [2.45, 2.75) is 38.5 Å². The Morgan fingerprint density at radius 1 is 1.16 bits per heavy atom. The molecular weight excluding hydrogens is 248 g/mol. The van der Waals surface area contributed by atoms with Gasteiger partial charge in [0.25, 0.3) is 0 Å². The first-order valence-corrected chi connectivity index (χ1v) is 6.99. The molecule has 1 saturated heterocycles. The number of carbonyl (C=O) groups is 2. The van der Waals surface area contributed by atoms with Crippen LogP contribution in [0.4, 0.5) is 4.79 Å². The highest BCUT2D eigenvalue weighted by atomic mass is 16.4. The van der Waals surface area contributed by atoms with Gasteiger partial charge in [0.15, 0.2) is 0 Å². The Bertz CT molecular complexity index is 288. The van der Waals surface area contributed by atoms with E-state index in [4.69, 9.17) is 10.2 Å². The molecule has 0 aromatic heterocycles. The van der Waals surface area contributed by atoms with E-state index in [9.17, 15) is 9.59 Å². The van der Waals surface area contributed by atoms with Crippen molar-refractivity contribution in [2.24, 2.45) is 5.92 Å². The number of hydrogen-bond donors (Lipinski definition) is 3. The number of nitrogens with zero attached hydrogens (tertiary/aromatic N) is 1. The smallest absolute Gasteiger partial charge is 0.317 e. The summed E-state index contributed by atoms with van der Waals surface area (Å²) in [5.41, 5.74) is 0. The molecule has 0 saturated carbocycles. The molecule has 0 aromatic carbocycles. The van der Waals surface area contributed by atoms with Crippen molar-refractivity contribution in [3.8, 4) is 0 Å². The summed E-state index contributed by atoms with van der Waals surface area (Å²) in [5, 5.41) is 20.3. The van der Waals surface area contributed by atoms with E-state index in [1.165, 1.54) is 0 Å². The number of nitrogens with one attached hydrogen (secondary N) is 1. The maximum absolute atomic E-state index is 11.8. The number of amides is 2. The molecule has 0 unspecified atom stereocenters. The fourth-order valence-electron chi connectivity index (χ4n) is 2.20. The van der Waals surface area contributed by atoms with E-state index in [1.54, 1.807) is 4.90 Å². The molecule has 0 atom stereocenters. The van der Waals surface area contributed by atoms with Crippen LogP contribution in [0.1, 0.15) is 38.5 Å². The van der Waals surface area contributed by atoms with E-state index in [-0.39, 0.29) is 19.1 Å². The lowest BCUT2D eigenvalue weighted by molar-refractivity contribution is -0.137. The molecule has 0 aromatic rings. The molecule has 0 radical (unpaired) electrons. The number of carboxylic acid groups (broad SMARTS) is 1. The summed E-state index contributed by atoms with van der Waals surface area (Å²) in [6.07, 6.45) is 4.21. The number of hydrogen-bond acceptors (Lipinski definition) is 3. The molecule has 0 bridgehead atoms. The van der Waals surface area contributed by atoms with Gasteiger partial charge in [0.05, 0.1) is 0 Å². The maximum atomic E-state index is 11.8. The molecule has 1 aliphatic rings. The number of unbranched alkanes of at least 4 members (excludes halogenated alkanes) is 2. The van der Waals surface area contributed by atoms with Crippen molar-refractivity contribution >= 4 is 12.0 Å². The zero-order valence-corrected chi connectivity index (χ0v) is 11.3. The van der Waals surface area contributed by atoms with Gasteiger partial charge in [0.2, 0.25) is 0 Å². The van der Waals surface area contributed by atoms with Gasteiger partial charge in [-0.2, -0.15) is 0 Å². The van der Waals surface area contributed by atoms with E-state index < -0.39 is 5.97 Å². The third-order valence-corrected chi connectivity index (χ3v) is 3.50. The van der Waals surface area contributed by atoms with Crippen LogP contribution in [0.15, 0.2) is 0 Å². The number of rotatable bonds is 7. The first kappa shape index (κ1) is 15.8. The first-order chi connectivity index (χ1) is 9.13. The van der Waals surface area contributed by atoms with Gasteiger partial charge in [-0.3, -0.25) is 4.79 Å². The summed E-state index contributed by atoms with van der Waals surface area (Å²) < 4.78 is 0. The Morgan fingerprint density at radius 2 is 1.84 bits per heavy atom. The van der Waals surface area contributed by atoms with Crippen molar-refractivity contribution in [3.63, 3.8) is 0 Å². The van der Waals surface area contributed by atoms with E-state index in [2.05, 4.69) is 5.32 Å². The number of piperidine rings is 1. The van der Waals surface area contributed by atoms with Gasteiger partial charge in [0.1, 0.15) is 0 Å². The molecule has 6 nitrogen and oxygen atoms in total. The summed E-state index contributed by atoms with van der Waals surface area (Å²) in [5.74, 6) is -0.434. The van der Waals surface area contributed by atoms with Gasteiger partial charge >= 0.3 is 12.0 Å². The fourth-order valence-corrected chi connectivity index (χ4v) is 2.20. The second kappa shape index (κ2) is 8.74. The fraction of sp³-hybridized carbons (Fsp3) is 0.846. The zero-order valence-electron chi connectivity index (χ0n) is 11.3. The Kier molecular flexibility index (Phi) is 7.25. The molecule has 1 fully saturated rings. The molecular formula is C13H24N2O4. The predicted octanol–water partition coefficient (Wildman–Crippen LogP) is 1.05. The van der Waals surface area contributed by atoms with Crippen molar-refractivity contribution in [3.05, 3.63) is 0 Å². The predicted molar refractivity (Wildman–Crippen MR) is 70.9 cm³/mol. The largest absolute Gasteiger partial charge is 0.481 e. The Morgan fingerprint density at radius 3 is 2.42 bits per heavy atom. The van der Waals surface area contributed by atoms with Crippen LogP contribution in [0.2, 0.25) is 0 Å². The summed E-state index contributed by atoms with van der Waals surface area (Å²) in [7, 11) is 0. The third-order valence-electron chi connectivity index (χ3n) is 3.50. The number of likely N-dealkylation sites (tertiary alicyclic amines) is 1. The molecule has 19 heavy (non-hydrogen) atoms. The number of aliphatic hydroxyl groups is 1. The van der Waals surface area contributed by atoms with E-state index in [0.29, 0.717) is 32.0 Å². The van der Waals surface area contributed by atoms with Gasteiger partial charge < -0.3 is 20.4 Å². The summed E-state index contributed by atoms with van der Waals surface area (Å²) >= 11 is 0. The minimum Gasteiger partial charge on any atom is -0.481 e. The van der Waals surface area contributed by atoms with Crippen molar-refractivity contribution < 1.29 is 19.8 Å². The van der Waals surface area contributed by atoms with Crippen LogP contribution in [-0.2, 0) is 4.79 Å². The molecule has 6 heteroatoms. The molecule has 3 N–H and O–H groups in total. The minimum absolute atomic E-state index is 0.0466. The SMILES string of the molecule is O=C(O)CCCCCNC(=O)N1CCC(CO)CC1. The molecule has 1 aliphatic heterocycles. The van der Waals surface area contributed by atoms with Crippen LogP contribution in [0.5, 0.6) is 0 Å². The van der Waals surface area contributed by atoms with Crippen molar-refractivity contribution in [2.75, 3.05) is 26.2 Å². The molecule has 110 valence electrons. The normalized spacial score (nSPS) is 16.4. The van der Waals surface area contributed by atoms with Crippen LogP contribution in [0.25, 0.3) is 0 Å². The Balaban J connectivity index is 2.03. The lowest BCUT2D eigenvalue weighted by Crippen LogP contribution is -2.45. The molecule has 0 aliphatic carbocycles. The van der Waals surface area contributed by atoms with E-state index in [0.717, 1.165) is 25.7 Å². The number of urea groups is 1. The van der Waals surface area contributed by atoms with Gasteiger partial charge in [-0.05, 0) is 31.6 Å². The van der Waals surface area contributed by atoms with Crippen LogP contribution in [0, 0.1) is 5.92 Å². The standard InChI is InChI=1S/C13H24N2O4/c16-10-11-5-8-15(9-6-11)13(19)14-7-3-1-2-4-12(17)18/h11,16H,1-10H2,(H,14,19)(H,17,18). The van der Waals surface area contributed by atoms with Crippen LogP contribution in [0.3, 0.4) is 0 Å². The van der Waals surface area contributed by atoms with Crippen LogP contribution in [-0.4, -0.2) is 53.4 Å². The topological polar surface area (TPSA) is 89.9 Å². The molecule has 1 rings (SSSR count). The lowest BCUT2D eigenvalue weighted by Gasteiger charge is -2.31. The quantitative estimate of drug-likeness (QED) is 0.604. The minimum atomic E-state index is -0.768. The van der Waals surface area contributed by atoms with Crippen LogP contribution >= 0.6 is 0 Å². The van der Waals surface area contributed by atoms with Gasteiger partial charge in [0, 0.05) is 32.7 Å². The zero-order chi connectivity index (χ0) is 14.1. The molecule has 2 amide bonds. The average Bonchev–Trinajstić information content (AvgIpc) is 2.42. The van der Waals surface area contributed by atoms with E-state index in [1.807, 2.05) is 0 Å². The summed E-state index contributed by atoms with van der Waals surface area (Å²) in [6.45, 7) is 2.21. The second-order valence-electron chi connectivity index (χ2n) is 5.05. The van der Waals surface area contributed by atoms with E-state index >= 15 is 0 Å². The maximum Gasteiger partial charge on any atom is 0.317 e. The monoisotopic (exact) mass is 272 g/mol. The lowest BCUT2D eigenvalue weighted by atomic mass is 9.98. The highest BCUT2D eigenvalue weighted by Crippen LogP contribution is 2.16. The van der Waals surface area contributed by atoms with Crippen molar-refractivity contribution in [1.29, 1.82) is 0 Å². The number of aliphatic carboxylic acids is 1. The Labute approximate surface area is 113 Å². The van der Waals surface area contributed by atoms with Crippen LogP contribution < -0.4 is 5.32 Å². The summed E-state index contributed by atoms with van der Waals surface area (Å²) in [6, 6.07) is -0.0466. The molecule has 1 heterocycles. The van der Waals surface area contributed by atoms with Gasteiger partial charge in [-0.1, -0.05) is 6.42 Å². The second-order valence-corrected chi connectivity index (χ2v) is 5.05. The number of carboxylic acids is 1. The van der Waals surface area contributed by atoms with Crippen molar-refractivity contribution in [1.82, 2.24) is 10.2 Å². The Hall–Kier alpha value is -1.30. The highest BCUT2D eigenvalue weighted by Gasteiger charge is 2.21. The first-order valence-electron chi connectivity index (χ1n) is 6.99. The average molecular weight is 272 g/mol. The number of carbonyl (C=O) groups excluding carboxylic acids is 1. The highest BCUT2D eigenvalue weighted by molar-refractivity contribution is 5.74. The molecule has 0 spiro atoms.